The van der Waals surface area contributed by atoms with Crippen LogP contribution >= 0.6 is 11.8 Å². The van der Waals surface area contributed by atoms with E-state index >= 15 is 0 Å². The Bertz CT molecular complexity index is 1080. The first-order valence-corrected chi connectivity index (χ1v) is 11.2. The van der Waals surface area contributed by atoms with Crippen molar-refractivity contribution in [1.29, 1.82) is 0 Å². The summed E-state index contributed by atoms with van der Waals surface area (Å²) in [6.45, 7) is 0.755. The van der Waals surface area contributed by atoms with Gasteiger partial charge in [-0.25, -0.2) is 0 Å². The Morgan fingerprint density at radius 2 is 1.97 bits per heavy atom. The van der Waals surface area contributed by atoms with E-state index in [1.807, 2.05) is 47.4 Å². The summed E-state index contributed by atoms with van der Waals surface area (Å²) in [4.78, 5) is 27.3. The first-order chi connectivity index (χ1) is 15.1. The molecule has 3 N–H and O–H groups in total. The highest BCUT2D eigenvalue weighted by atomic mass is 32.2. The van der Waals surface area contributed by atoms with Gasteiger partial charge in [0.25, 0.3) is 0 Å². The van der Waals surface area contributed by atoms with Crippen LogP contribution < -0.4 is 20.7 Å². The predicted octanol–water partition coefficient (Wildman–Crippen LogP) is 3.42. The van der Waals surface area contributed by atoms with Crippen molar-refractivity contribution in [3.8, 4) is 5.75 Å². The highest BCUT2D eigenvalue weighted by molar-refractivity contribution is 7.98. The number of hydrogen-bond donors (Lipinski definition) is 2. The summed E-state index contributed by atoms with van der Waals surface area (Å²) in [6.07, 6.45) is 1.38. The molecule has 3 aromatic rings. The van der Waals surface area contributed by atoms with Gasteiger partial charge in [0.2, 0.25) is 17.8 Å². The van der Waals surface area contributed by atoms with Crippen molar-refractivity contribution in [1.82, 2.24) is 15.0 Å². The molecule has 0 aliphatic carbocycles. The standard InChI is InChI=1S/C22H24N6O2S/c1-30-18-9-5-3-7-16(18)24-22-26-19(25-21(23)27-22)14-31-13-11-20(29)28-12-10-15-6-2-4-8-17(15)28/h2-9H,10-14H2,1H3,(H3,23,24,25,26,27). The number of carbonyl (C=O) groups is 1. The van der Waals surface area contributed by atoms with E-state index in [1.54, 1.807) is 18.9 Å². The Kier molecular flexibility index (Phi) is 6.51. The highest BCUT2D eigenvalue weighted by Gasteiger charge is 2.23. The van der Waals surface area contributed by atoms with Gasteiger partial charge in [-0.2, -0.15) is 26.7 Å². The summed E-state index contributed by atoms with van der Waals surface area (Å²) in [7, 11) is 1.60. The second-order valence-corrected chi connectivity index (χ2v) is 8.09. The van der Waals surface area contributed by atoms with Gasteiger partial charge in [-0.15, -0.1) is 0 Å². The molecule has 0 bridgehead atoms. The van der Waals surface area contributed by atoms with E-state index in [2.05, 4.69) is 26.3 Å². The molecule has 160 valence electrons. The second-order valence-electron chi connectivity index (χ2n) is 6.99. The zero-order chi connectivity index (χ0) is 21.6. The maximum atomic E-state index is 12.6. The average Bonchev–Trinajstić information content (AvgIpc) is 3.21. The number of hydrogen-bond acceptors (Lipinski definition) is 8. The van der Waals surface area contributed by atoms with Crippen LogP contribution in [0, 0.1) is 0 Å². The van der Waals surface area contributed by atoms with E-state index in [0.717, 1.165) is 24.3 Å². The maximum absolute atomic E-state index is 12.6. The highest BCUT2D eigenvalue weighted by Crippen LogP contribution is 2.28. The number of anilines is 4. The molecule has 0 atom stereocenters. The van der Waals surface area contributed by atoms with E-state index in [0.29, 0.717) is 35.4 Å². The minimum atomic E-state index is 0.145. The van der Waals surface area contributed by atoms with Crippen LogP contribution in [0.1, 0.15) is 17.8 Å². The fourth-order valence-corrected chi connectivity index (χ4v) is 4.26. The Morgan fingerprint density at radius 1 is 1.16 bits per heavy atom. The van der Waals surface area contributed by atoms with Crippen LogP contribution in [-0.4, -0.2) is 40.3 Å². The van der Waals surface area contributed by atoms with E-state index in [4.69, 9.17) is 10.5 Å². The lowest BCUT2D eigenvalue weighted by Gasteiger charge is -2.17. The van der Waals surface area contributed by atoms with Crippen molar-refractivity contribution in [2.75, 3.05) is 35.4 Å². The number of methoxy groups -OCH3 is 1. The summed E-state index contributed by atoms with van der Waals surface area (Å²) in [6, 6.07) is 15.6. The monoisotopic (exact) mass is 436 g/mol. The quantitative estimate of drug-likeness (QED) is 0.518. The number of fused-ring (bicyclic) bond motifs is 1. The minimum Gasteiger partial charge on any atom is -0.495 e. The molecule has 1 amide bonds. The first-order valence-electron chi connectivity index (χ1n) is 10.0. The van der Waals surface area contributed by atoms with Crippen molar-refractivity contribution in [2.24, 2.45) is 0 Å². The Morgan fingerprint density at radius 3 is 2.84 bits per heavy atom. The van der Waals surface area contributed by atoms with Crippen molar-refractivity contribution < 1.29 is 9.53 Å². The SMILES string of the molecule is COc1ccccc1Nc1nc(N)nc(CSCCC(=O)N2CCc3ccccc32)n1. The van der Waals surface area contributed by atoms with Gasteiger partial charge in [0.1, 0.15) is 11.6 Å². The molecule has 2 heterocycles. The maximum Gasteiger partial charge on any atom is 0.232 e. The number of aromatic nitrogens is 3. The van der Waals surface area contributed by atoms with Crippen LogP contribution in [0.15, 0.2) is 48.5 Å². The largest absolute Gasteiger partial charge is 0.495 e. The number of thioether (sulfide) groups is 1. The molecule has 0 unspecified atom stereocenters. The van der Waals surface area contributed by atoms with Crippen LogP contribution in [0.2, 0.25) is 0 Å². The van der Waals surface area contributed by atoms with Gasteiger partial charge >= 0.3 is 0 Å². The number of nitrogens with one attached hydrogen (secondary N) is 1. The number of nitrogen functional groups attached to an aromatic ring is 1. The third kappa shape index (κ3) is 5.05. The Balaban J connectivity index is 1.31. The van der Waals surface area contributed by atoms with Crippen molar-refractivity contribution >= 4 is 40.9 Å². The minimum absolute atomic E-state index is 0.145. The summed E-state index contributed by atoms with van der Waals surface area (Å²) in [5, 5.41) is 3.12. The molecule has 31 heavy (non-hydrogen) atoms. The number of amides is 1. The Hall–Kier alpha value is -3.33. The molecule has 0 saturated carbocycles. The third-order valence-electron chi connectivity index (χ3n) is 4.93. The second kappa shape index (κ2) is 9.65. The fourth-order valence-electron chi connectivity index (χ4n) is 3.48. The number of para-hydroxylation sites is 3. The van der Waals surface area contributed by atoms with Gasteiger partial charge in [-0.1, -0.05) is 30.3 Å². The summed E-state index contributed by atoms with van der Waals surface area (Å²) in [5.74, 6) is 3.11. The molecule has 1 aliphatic heterocycles. The number of rotatable bonds is 8. The van der Waals surface area contributed by atoms with Crippen LogP contribution in [0.3, 0.4) is 0 Å². The van der Waals surface area contributed by atoms with Gasteiger partial charge in [0.05, 0.1) is 18.6 Å². The molecule has 2 aromatic carbocycles. The number of benzene rings is 2. The molecular weight excluding hydrogens is 412 g/mol. The smallest absolute Gasteiger partial charge is 0.232 e. The van der Waals surface area contributed by atoms with Crippen LogP contribution in [0.4, 0.5) is 23.3 Å². The summed E-state index contributed by atoms with van der Waals surface area (Å²) >= 11 is 1.60. The molecule has 9 heteroatoms. The molecule has 0 spiro atoms. The summed E-state index contributed by atoms with van der Waals surface area (Å²) in [5.41, 5.74) is 8.87. The van der Waals surface area contributed by atoms with E-state index in [-0.39, 0.29) is 11.9 Å². The van der Waals surface area contributed by atoms with E-state index < -0.39 is 0 Å². The van der Waals surface area contributed by atoms with Gasteiger partial charge in [0, 0.05) is 24.4 Å². The van der Waals surface area contributed by atoms with Crippen molar-refractivity contribution in [3.63, 3.8) is 0 Å². The van der Waals surface area contributed by atoms with Crippen molar-refractivity contribution in [3.05, 3.63) is 59.9 Å². The van der Waals surface area contributed by atoms with E-state index in [1.165, 1.54) is 5.56 Å². The molecule has 1 aliphatic rings. The van der Waals surface area contributed by atoms with E-state index in [9.17, 15) is 4.79 Å². The zero-order valence-electron chi connectivity index (χ0n) is 17.2. The van der Waals surface area contributed by atoms with Crippen LogP contribution in [-0.2, 0) is 17.0 Å². The van der Waals surface area contributed by atoms with Crippen molar-refractivity contribution in [2.45, 2.75) is 18.6 Å². The number of nitrogens with two attached hydrogens (primary N) is 1. The molecule has 0 radical (unpaired) electrons. The topological polar surface area (TPSA) is 106 Å². The molecule has 4 rings (SSSR count). The lowest BCUT2D eigenvalue weighted by molar-refractivity contribution is -0.118. The number of carbonyl (C=O) groups excluding carboxylic acids is 1. The normalized spacial score (nSPS) is 12.5. The molecule has 0 saturated heterocycles. The van der Waals surface area contributed by atoms with Crippen LogP contribution in [0.5, 0.6) is 5.75 Å². The zero-order valence-corrected chi connectivity index (χ0v) is 18.1. The van der Waals surface area contributed by atoms with Gasteiger partial charge < -0.3 is 20.7 Å². The van der Waals surface area contributed by atoms with Gasteiger partial charge in [-0.05, 0) is 30.2 Å². The first kappa shape index (κ1) is 20.9. The fraction of sp³-hybridized carbons (Fsp3) is 0.273. The van der Waals surface area contributed by atoms with Gasteiger partial charge in [0.15, 0.2) is 0 Å². The number of nitrogens with zero attached hydrogens (tertiary/aromatic N) is 4. The molecule has 0 fully saturated rings. The average molecular weight is 437 g/mol. The molecular formula is C22H24N6O2S. The number of ether oxygens (including phenoxy) is 1. The van der Waals surface area contributed by atoms with Crippen LogP contribution in [0.25, 0.3) is 0 Å². The third-order valence-corrected chi connectivity index (χ3v) is 5.89. The molecule has 1 aromatic heterocycles. The predicted molar refractivity (Wildman–Crippen MR) is 124 cm³/mol. The van der Waals surface area contributed by atoms with Gasteiger partial charge in [-0.3, -0.25) is 4.79 Å². The lowest BCUT2D eigenvalue weighted by atomic mass is 10.2. The Labute approximate surface area is 185 Å². The lowest BCUT2D eigenvalue weighted by Crippen LogP contribution is -2.29. The summed E-state index contributed by atoms with van der Waals surface area (Å²) < 4.78 is 5.34. The molecule has 8 nitrogen and oxygen atoms in total.